The predicted octanol–water partition coefficient (Wildman–Crippen LogP) is 5.50. The van der Waals surface area contributed by atoms with Crippen molar-refractivity contribution in [2.75, 3.05) is 11.9 Å². The van der Waals surface area contributed by atoms with Crippen LogP contribution in [0.15, 0.2) is 72.8 Å². The largest absolute Gasteiger partial charge is 0.379 e. The minimum Gasteiger partial charge on any atom is -0.379 e. The van der Waals surface area contributed by atoms with Gasteiger partial charge in [-0.1, -0.05) is 72.3 Å². The zero-order chi connectivity index (χ0) is 21.1. The fraction of sp³-hybridized carbons (Fsp3) is 0.192. The van der Waals surface area contributed by atoms with Gasteiger partial charge in [-0.25, -0.2) is 0 Å². The number of allylic oxidation sites excluding steroid dienone is 1. The summed E-state index contributed by atoms with van der Waals surface area (Å²) in [6.07, 6.45) is 2.52. The number of hydrogen-bond acceptors (Lipinski definition) is 2. The molecule has 1 N–H and O–H groups in total. The molecule has 150 valence electrons. The van der Waals surface area contributed by atoms with Gasteiger partial charge in [0.25, 0.3) is 0 Å². The molecule has 2 aliphatic rings. The summed E-state index contributed by atoms with van der Waals surface area (Å²) >= 11 is 6.05. The predicted molar refractivity (Wildman–Crippen MR) is 121 cm³/mol. The third kappa shape index (κ3) is 2.46. The topological polar surface area (TPSA) is 40.5 Å². The van der Waals surface area contributed by atoms with Gasteiger partial charge in [0.1, 0.15) is 5.60 Å². The monoisotopic (exact) mass is 415 g/mol. The molecule has 2 atom stereocenters. The highest BCUT2D eigenvalue weighted by Crippen LogP contribution is 2.60. The van der Waals surface area contributed by atoms with Crippen molar-refractivity contribution in [1.29, 1.82) is 0 Å². The Balaban J connectivity index is 1.80. The zero-order valence-electron chi connectivity index (χ0n) is 16.9. The number of carbonyl (C=O) groups excluding carboxylic acids is 1. The summed E-state index contributed by atoms with van der Waals surface area (Å²) < 4.78 is 0. The van der Waals surface area contributed by atoms with E-state index in [9.17, 15) is 9.90 Å². The van der Waals surface area contributed by atoms with E-state index in [1.807, 2.05) is 79.7 Å². The SMILES string of the molecule is CN1C(=O)[C@]2(C)C/C(=C/c3ccc(Cl)cc3)c3ccccc3[C@]2(O)c2ccccc21. The van der Waals surface area contributed by atoms with E-state index in [4.69, 9.17) is 11.6 Å². The van der Waals surface area contributed by atoms with Gasteiger partial charge in [0, 0.05) is 23.3 Å². The Morgan fingerprint density at radius 2 is 1.60 bits per heavy atom. The second-order valence-corrected chi connectivity index (χ2v) is 8.80. The number of fused-ring (bicyclic) bond motifs is 5. The molecule has 0 aromatic heterocycles. The Bertz CT molecular complexity index is 1200. The van der Waals surface area contributed by atoms with E-state index in [1.54, 1.807) is 11.9 Å². The number of hydrogen-bond donors (Lipinski definition) is 1. The second kappa shape index (κ2) is 6.56. The Kier molecular flexibility index (Phi) is 4.18. The average Bonchev–Trinajstić information content (AvgIpc) is 2.77. The Hall–Kier alpha value is -2.88. The highest BCUT2D eigenvalue weighted by atomic mass is 35.5. The molecule has 0 spiro atoms. The minimum absolute atomic E-state index is 0.0831. The summed E-state index contributed by atoms with van der Waals surface area (Å²) in [6, 6.07) is 23.2. The van der Waals surface area contributed by atoms with Gasteiger partial charge in [0.05, 0.1) is 5.41 Å². The molecule has 3 aromatic carbocycles. The lowest BCUT2D eigenvalue weighted by Gasteiger charge is -2.54. The van der Waals surface area contributed by atoms with Crippen LogP contribution in [0.3, 0.4) is 0 Å². The molecule has 3 nitrogen and oxygen atoms in total. The maximum Gasteiger partial charge on any atom is 0.236 e. The van der Waals surface area contributed by atoms with Crippen molar-refractivity contribution in [3.05, 3.63) is 100 Å². The first-order chi connectivity index (χ1) is 14.4. The Labute approximate surface area is 181 Å². The van der Waals surface area contributed by atoms with E-state index in [1.165, 1.54) is 0 Å². The van der Waals surface area contributed by atoms with Crippen LogP contribution >= 0.6 is 11.6 Å². The molecule has 0 bridgehead atoms. The molecule has 0 saturated carbocycles. The number of para-hydroxylation sites is 1. The maximum absolute atomic E-state index is 13.6. The lowest BCUT2D eigenvalue weighted by Crippen LogP contribution is -2.60. The fourth-order valence-electron chi connectivity index (χ4n) is 5.09. The highest BCUT2D eigenvalue weighted by Gasteiger charge is 2.62. The van der Waals surface area contributed by atoms with Crippen LogP contribution in [0.25, 0.3) is 11.6 Å². The highest BCUT2D eigenvalue weighted by molar-refractivity contribution is 6.30. The summed E-state index contributed by atoms with van der Waals surface area (Å²) in [6.45, 7) is 1.88. The molecule has 1 amide bonds. The van der Waals surface area contributed by atoms with Gasteiger partial charge in [0.2, 0.25) is 5.91 Å². The maximum atomic E-state index is 13.6. The molecule has 30 heavy (non-hydrogen) atoms. The van der Waals surface area contributed by atoms with Crippen molar-refractivity contribution in [1.82, 2.24) is 0 Å². The molecule has 1 aliphatic carbocycles. The first-order valence-corrected chi connectivity index (χ1v) is 10.4. The van der Waals surface area contributed by atoms with E-state index < -0.39 is 11.0 Å². The Morgan fingerprint density at radius 3 is 2.33 bits per heavy atom. The van der Waals surface area contributed by atoms with Crippen LogP contribution < -0.4 is 4.90 Å². The van der Waals surface area contributed by atoms with Gasteiger partial charge in [-0.15, -0.1) is 0 Å². The summed E-state index contributed by atoms with van der Waals surface area (Å²) in [4.78, 5) is 15.3. The number of halogens is 1. The number of anilines is 1. The molecule has 4 heteroatoms. The molecule has 5 rings (SSSR count). The number of aliphatic hydroxyl groups is 1. The van der Waals surface area contributed by atoms with Crippen molar-refractivity contribution < 1.29 is 9.90 Å². The third-order valence-electron chi connectivity index (χ3n) is 6.65. The number of carbonyl (C=O) groups is 1. The number of amides is 1. The molecular weight excluding hydrogens is 394 g/mol. The first-order valence-electron chi connectivity index (χ1n) is 10.0. The molecule has 1 aliphatic heterocycles. The third-order valence-corrected chi connectivity index (χ3v) is 6.90. The lowest BCUT2D eigenvalue weighted by molar-refractivity contribution is -0.144. The van der Waals surface area contributed by atoms with Crippen molar-refractivity contribution in [2.45, 2.75) is 18.9 Å². The van der Waals surface area contributed by atoms with Crippen LogP contribution in [0, 0.1) is 5.41 Å². The van der Waals surface area contributed by atoms with E-state index in [2.05, 4.69) is 6.08 Å². The van der Waals surface area contributed by atoms with E-state index in [-0.39, 0.29) is 5.91 Å². The Morgan fingerprint density at radius 1 is 0.967 bits per heavy atom. The lowest BCUT2D eigenvalue weighted by atomic mass is 9.55. The van der Waals surface area contributed by atoms with Crippen LogP contribution in [-0.2, 0) is 10.4 Å². The van der Waals surface area contributed by atoms with Crippen LogP contribution in [0.2, 0.25) is 5.02 Å². The van der Waals surface area contributed by atoms with Crippen molar-refractivity contribution >= 4 is 34.8 Å². The normalized spacial score (nSPS) is 26.2. The molecule has 0 radical (unpaired) electrons. The number of nitrogens with zero attached hydrogens (tertiary/aromatic N) is 1. The van der Waals surface area contributed by atoms with Crippen molar-refractivity contribution in [3.8, 4) is 0 Å². The molecule has 3 aromatic rings. The number of benzene rings is 3. The summed E-state index contributed by atoms with van der Waals surface area (Å²) in [7, 11) is 1.79. The van der Waals surface area contributed by atoms with Gasteiger partial charge in [-0.3, -0.25) is 4.79 Å². The summed E-state index contributed by atoms with van der Waals surface area (Å²) in [5.74, 6) is -0.0831. The van der Waals surface area contributed by atoms with Crippen molar-refractivity contribution in [2.24, 2.45) is 5.41 Å². The summed E-state index contributed by atoms with van der Waals surface area (Å²) in [5, 5.41) is 13.0. The molecule has 1 heterocycles. The van der Waals surface area contributed by atoms with Gasteiger partial charge >= 0.3 is 0 Å². The van der Waals surface area contributed by atoms with Crippen LogP contribution in [-0.4, -0.2) is 18.1 Å². The molecule has 0 fully saturated rings. The second-order valence-electron chi connectivity index (χ2n) is 8.37. The fourth-order valence-corrected chi connectivity index (χ4v) is 5.22. The number of rotatable bonds is 1. The van der Waals surface area contributed by atoms with Gasteiger partial charge in [-0.05, 0) is 53.8 Å². The van der Waals surface area contributed by atoms with Gasteiger partial charge < -0.3 is 10.0 Å². The minimum atomic E-state index is -1.40. The molecular formula is C26H22ClNO2. The zero-order valence-corrected chi connectivity index (χ0v) is 17.6. The van der Waals surface area contributed by atoms with Crippen molar-refractivity contribution in [3.63, 3.8) is 0 Å². The van der Waals surface area contributed by atoms with Gasteiger partial charge in [0.15, 0.2) is 0 Å². The molecule has 0 saturated heterocycles. The first kappa shape index (κ1) is 19.1. The van der Waals surface area contributed by atoms with Crippen LogP contribution in [0.4, 0.5) is 5.69 Å². The smallest absolute Gasteiger partial charge is 0.236 e. The standard InChI is InChI=1S/C26H22ClNO2/c1-25-16-18(15-17-11-13-19(27)14-12-17)20-7-3-4-8-21(20)26(25,30)22-9-5-6-10-23(22)28(2)24(25)29/h3-15,30H,16H2,1-2H3/b18-15-/t25-,26-/m0/s1. The van der Waals surface area contributed by atoms with Crippen LogP contribution in [0.5, 0.6) is 0 Å². The van der Waals surface area contributed by atoms with Crippen LogP contribution in [0.1, 0.15) is 35.6 Å². The van der Waals surface area contributed by atoms with E-state index >= 15 is 0 Å². The summed E-state index contributed by atoms with van der Waals surface area (Å²) in [5.41, 5.74) is 2.88. The van der Waals surface area contributed by atoms with E-state index in [0.717, 1.165) is 33.5 Å². The molecule has 0 unspecified atom stereocenters. The van der Waals surface area contributed by atoms with E-state index in [0.29, 0.717) is 11.4 Å². The average molecular weight is 416 g/mol. The quantitative estimate of drug-likeness (QED) is 0.569. The van der Waals surface area contributed by atoms with Gasteiger partial charge in [-0.2, -0.15) is 0 Å².